The molecule has 40 heavy (non-hydrogen) atoms. The molecule has 3 aromatic rings. The highest BCUT2D eigenvalue weighted by Crippen LogP contribution is 2.38. The van der Waals surface area contributed by atoms with E-state index in [0.29, 0.717) is 6.07 Å². The molecule has 0 aliphatic heterocycles. The lowest BCUT2D eigenvalue weighted by atomic mass is 10.0. The number of benzene rings is 2. The second-order valence-electron chi connectivity index (χ2n) is 7.91. The zero-order valence-corrected chi connectivity index (χ0v) is 18.9. The SMILES string of the molecule is O=c1cc(C(F)(F)F)nc(Nc2ccc(C(F)(F)F)cc2[N+](=O)[O-])n1Cc1cc(C(F)(F)F)cc(C(F)(F)F)c1. The Bertz CT molecular complexity index is 1470. The number of nitrogens with one attached hydrogen (secondary N) is 1. The van der Waals surface area contributed by atoms with Crippen molar-refractivity contribution in [2.75, 3.05) is 5.32 Å². The number of rotatable bonds is 5. The van der Waals surface area contributed by atoms with Crippen LogP contribution >= 0.6 is 0 Å². The van der Waals surface area contributed by atoms with Crippen LogP contribution in [0.15, 0.2) is 47.3 Å². The van der Waals surface area contributed by atoms with Gasteiger partial charge < -0.3 is 5.32 Å². The minimum Gasteiger partial charge on any atom is -0.320 e. The maximum Gasteiger partial charge on any atom is 0.433 e. The number of hydrogen-bond acceptors (Lipinski definition) is 5. The van der Waals surface area contributed by atoms with Gasteiger partial charge in [0.2, 0.25) is 5.95 Å². The molecule has 216 valence electrons. The van der Waals surface area contributed by atoms with Crippen LogP contribution in [-0.4, -0.2) is 14.5 Å². The van der Waals surface area contributed by atoms with Crippen LogP contribution in [0.25, 0.3) is 0 Å². The van der Waals surface area contributed by atoms with Crippen LogP contribution in [-0.2, 0) is 31.2 Å². The second kappa shape index (κ2) is 10.0. The molecule has 7 nitrogen and oxygen atoms in total. The van der Waals surface area contributed by atoms with E-state index in [2.05, 4.69) is 4.98 Å². The summed E-state index contributed by atoms with van der Waals surface area (Å²) in [6.45, 7) is -1.27. The Labute approximate surface area is 212 Å². The Balaban J connectivity index is 2.23. The third kappa shape index (κ3) is 6.81. The lowest BCUT2D eigenvalue weighted by Gasteiger charge is -2.18. The smallest absolute Gasteiger partial charge is 0.320 e. The minimum atomic E-state index is -5.33. The molecule has 19 heteroatoms. The van der Waals surface area contributed by atoms with Crippen LogP contribution in [0.2, 0.25) is 0 Å². The molecule has 0 fully saturated rings. The minimum absolute atomic E-state index is 0.000795. The van der Waals surface area contributed by atoms with Gasteiger partial charge in [-0.3, -0.25) is 19.5 Å². The number of alkyl halides is 12. The maximum absolute atomic E-state index is 13.3. The van der Waals surface area contributed by atoms with Crippen LogP contribution < -0.4 is 10.9 Å². The Hall–Kier alpha value is -4.32. The molecule has 0 radical (unpaired) electrons. The Morgan fingerprint density at radius 1 is 0.750 bits per heavy atom. The molecule has 0 amide bonds. The van der Waals surface area contributed by atoms with Crippen LogP contribution in [0.5, 0.6) is 0 Å². The van der Waals surface area contributed by atoms with E-state index in [1.54, 1.807) is 0 Å². The number of anilines is 2. The Kier molecular flexibility index (Phi) is 7.57. The molecule has 0 aliphatic rings. The molecule has 2 aromatic carbocycles. The topological polar surface area (TPSA) is 90.1 Å². The first-order valence-electron chi connectivity index (χ1n) is 10.2. The standard InChI is InChI=1S/C21H10F12N4O3/c22-18(23,24)10-1-2-13(14(6-10)37(39)40)34-17-35-15(21(31,32)33)7-16(38)36(17)8-9-3-11(19(25,26)27)5-12(4-9)20(28,29)30/h1-7H,8H2,(H,34,35). The molecule has 0 unspecified atom stereocenters. The number of nitrogens with zero attached hydrogens (tertiary/aromatic N) is 3. The second-order valence-corrected chi connectivity index (χ2v) is 7.91. The van der Waals surface area contributed by atoms with Crippen molar-refractivity contribution in [2.24, 2.45) is 0 Å². The van der Waals surface area contributed by atoms with Gasteiger partial charge in [-0.15, -0.1) is 0 Å². The van der Waals surface area contributed by atoms with Gasteiger partial charge >= 0.3 is 24.7 Å². The first-order chi connectivity index (χ1) is 18.1. The molecule has 1 heterocycles. The maximum atomic E-state index is 13.3. The van der Waals surface area contributed by atoms with Crippen molar-refractivity contribution in [1.82, 2.24) is 9.55 Å². The highest BCUT2D eigenvalue weighted by Gasteiger charge is 2.38. The summed E-state index contributed by atoms with van der Waals surface area (Å²) in [7, 11) is 0. The third-order valence-corrected chi connectivity index (χ3v) is 5.06. The molecular weight excluding hydrogens is 584 g/mol. The van der Waals surface area contributed by atoms with Gasteiger partial charge in [-0.05, 0) is 35.9 Å². The third-order valence-electron chi connectivity index (χ3n) is 5.06. The van der Waals surface area contributed by atoms with E-state index in [9.17, 15) is 67.6 Å². The molecule has 0 saturated carbocycles. The Morgan fingerprint density at radius 3 is 1.73 bits per heavy atom. The first kappa shape index (κ1) is 30.2. The van der Waals surface area contributed by atoms with Crippen molar-refractivity contribution in [1.29, 1.82) is 0 Å². The summed E-state index contributed by atoms with van der Waals surface area (Å²) in [5.74, 6) is -1.28. The van der Waals surface area contributed by atoms with Gasteiger partial charge in [0, 0.05) is 12.1 Å². The predicted octanol–water partition coefficient (Wildman–Crippen LogP) is 7.02. The molecule has 0 spiro atoms. The summed E-state index contributed by atoms with van der Waals surface area (Å²) in [4.78, 5) is 25.5. The zero-order chi connectivity index (χ0) is 30.4. The van der Waals surface area contributed by atoms with Crippen LogP contribution in [0.4, 0.5) is 70.0 Å². The summed E-state index contributed by atoms with van der Waals surface area (Å²) >= 11 is 0. The molecule has 3 rings (SSSR count). The fourth-order valence-corrected chi connectivity index (χ4v) is 3.28. The van der Waals surface area contributed by atoms with Crippen molar-refractivity contribution in [3.63, 3.8) is 0 Å². The highest BCUT2D eigenvalue weighted by atomic mass is 19.4. The lowest BCUT2D eigenvalue weighted by Crippen LogP contribution is -2.27. The van der Waals surface area contributed by atoms with E-state index in [-0.39, 0.29) is 41.0 Å². The van der Waals surface area contributed by atoms with Crippen LogP contribution in [0, 0.1) is 10.1 Å². The van der Waals surface area contributed by atoms with Crippen LogP contribution in [0.1, 0.15) is 27.9 Å². The van der Waals surface area contributed by atoms with E-state index >= 15 is 0 Å². The van der Waals surface area contributed by atoms with Gasteiger partial charge in [-0.25, -0.2) is 4.98 Å². The number of hydrogen-bond donors (Lipinski definition) is 1. The van der Waals surface area contributed by atoms with E-state index in [0.717, 1.165) is 0 Å². The van der Waals surface area contributed by atoms with Crippen molar-refractivity contribution in [2.45, 2.75) is 31.2 Å². The molecule has 0 atom stereocenters. The fraction of sp³-hybridized carbons (Fsp3) is 0.238. The summed E-state index contributed by atoms with van der Waals surface area (Å²) in [6, 6.07) is 0.637. The van der Waals surface area contributed by atoms with E-state index in [1.165, 1.54) is 0 Å². The van der Waals surface area contributed by atoms with Crippen LogP contribution in [0.3, 0.4) is 0 Å². The monoisotopic (exact) mass is 594 g/mol. The normalized spacial score (nSPS) is 12.9. The molecule has 0 aliphatic carbocycles. The molecule has 0 saturated heterocycles. The van der Waals surface area contributed by atoms with Gasteiger partial charge in [-0.2, -0.15) is 52.7 Å². The summed E-state index contributed by atoms with van der Waals surface area (Å²) in [6.07, 6.45) is -21.1. The number of aromatic nitrogens is 2. The zero-order valence-electron chi connectivity index (χ0n) is 18.9. The van der Waals surface area contributed by atoms with Crippen molar-refractivity contribution >= 4 is 17.3 Å². The van der Waals surface area contributed by atoms with Gasteiger partial charge in [0.1, 0.15) is 5.69 Å². The predicted molar refractivity (Wildman–Crippen MR) is 110 cm³/mol. The Morgan fingerprint density at radius 2 is 1.27 bits per heavy atom. The quantitative estimate of drug-likeness (QED) is 0.195. The number of nitro benzene ring substituents is 1. The number of halogens is 12. The average Bonchev–Trinajstić information content (AvgIpc) is 2.78. The molecule has 0 bridgehead atoms. The van der Waals surface area contributed by atoms with Crippen molar-refractivity contribution in [3.8, 4) is 0 Å². The fourth-order valence-electron chi connectivity index (χ4n) is 3.28. The molecule has 1 N–H and O–H groups in total. The van der Waals surface area contributed by atoms with Gasteiger partial charge in [-0.1, -0.05) is 0 Å². The largest absolute Gasteiger partial charge is 0.433 e. The van der Waals surface area contributed by atoms with Crippen molar-refractivity contribution in [3.05, 3.63) is 90.9 Å². The van der Waals surface area contributed by atoms with E-state index in [1.807, 2.05) is 5.32 Å². The van der Waals surface area contributed by atoms with Gasteiger partial charge in [0.25, 0.3) is 11.2 Å². The van der Waals surface area contributed by atoms with Gasteiger partial charge in [0.05, 0.1) is 28.2 Å². The molecule has 1 aromatic heterocycles. The van der Waals surface area contributed by atoms with Gasteiger partial charge in [0.15, 0.2) is 5.69 Å². The summed E-state index contributed by atoms with van der Waals surface area (Å²) < 4.78 is 158. The number of nitro groups is 1. The first-order valence-corrected chi connectivity index (χ1v) is 10.2. The van der Waals surface area contributed by atoms with E-state index in [4.69, 9.17) is 0 Å². The summed E-state index contributed by atoms with van der Waals surface area (Å²) in [5, 5.41) is 13.2. The van der Waals surface area contributed by atoms with E-state index < -0.39 is 87.0 Å². The average molecular weight is 594 g/mol. The highest BCUT2D eigenvalue weighted by molar-refractivity contribution is 5.68. The lowest BCUT2D eigenvalue weighted by molar-refractivity contribution is -0.384. The van der Waals surface area contributed by atoms with Crippen molar-refractivity contribution < 1.29 is 57.6 Å². The molecular formula is C21H10F12N4O3. The summed E-state index contributed by atoms with van der Waals surface area (Å²) in [5.41, 5.74) is -12.0.